The number of rotatable bonds is 8. The van der Waals surface area contributed by atoms with E-state index in [2.05, 4.69) is 298 Å². The maximum atomic E-state index is 4.00. The zero-order chi connectivity index (χ0) is 50.8. The minimum Gasteiger partial charge on any atom is -0.355 e. The number of nitrogens with zero attached hydrogens (tertiary/aromatic N) is 2. The van der Waals surface area contributed by atoms with E-state index in [4.69, 9.17) is 0 Å². The topological polar surface area (TPSA) is 18.5 Å². The Bertz CT molecular complexity index is 3610. The van der Waals surface area contributed by atoms with Gasteiger partial charge in [-0.1, -0.05) is 207 Å². The molecule has 0 aliphatic carbocycles. The Morgan fingerprint density at radius 3 is 1.58 bits per heavy atom. The average Bonchev–Trinajstić information content (AvgIpc) is 3.38. The molecule has 1 N–H and O–H groups in total. The molecular weight excluding hydrogens is 882 g/mol. The number of aryl methyl sites for hydroxylation is 1. The van der Waals surface area contributed by atoms with Gasteiger partial charge in [-0.05, 0) is 150 Å². The zero-order valence-corrected chi connectivity index (χ0v) is 44.1. The third-order valence-electron chi connectivity index (χ3n) is 14.9. The van der Waals surface area contributed by atoms with Gasteiger partial charge >= 0.3 is 0 Å². The molecule has 73 heavy (non-hydrogen) atoms. The van der Waals surface area contributed by atoms with Crippen LogP contribution in [-0.4, -0.2) is 7.28 Å². The number of benzene rings is 10. The van der Waals surface area contributed by atoms with Crippen LogP contribution in [0.1, 0.15) is 84.6 Å². The molecule has 1 aliphatic rings. The van der Waals surface area contributed by atoms with Gasteiger partial charge in [0.05, 0.1) is 5.69 Å². The predicted octanol–water partition coefficient (Wildman–Crippen LogP) is 18.2. The molecule has 10 aromatic carbocycles. The molecule has 1 heterocycles. The van der Waals surface area contributed by atoms with E-state index >= 15 is 0 Å². The lowest BCUT2D eigenvalue weighted by molar-refractivity contribution is 0.590. The van der Waals surface area contributed by atoms with Gasteiger partial charge in [-0.25, -0.2) is 0 Å². The van der Waals surface area contributed by atoms with Crippen molar-refractivity contribution in [2.24, 2.45) is 0 Å². The van der Waals surface area contributed by atoms with Crippen molar-refractivity contribution < 1.29 is 0 Å². The number of hydrogen-bond donors (Lipinski definition) is 1. The molecule has 0 amide bonds. The second-order valence-corrected chi connectivity index (χ2v) is 23.1. The van der Waals surface area contributed by atoms with E-state index in [0.717, 1.165) is 56.5 Å². The van der Waals surface area contributed by atoms with Crippen molar-refractivity contribution in [3.63, 3.8) is 0 Å². The lowest BCUT2D eigenvalue weighted by Crippen LogP contribution is -2.41. The van der Waals surface area contributed by atoms with Gasteiger partial charge in [-0.2, -0.15) is 0 Å². The van der Waals surface area contributed by atoms with E-state index in [-0.39, 0.29) is 16.2 Å². The molecular formula is C69H65BN3. The fraction of sp³-hybridized carbons (Fsp3) is 0.188. The van der Waals surface area contributed by atoms with E-state index in [1.807, 2.05) is 0 Å². The van der Waals surface area contributed by atoms with Gasteiger partial charge in [-0.15, -0.1) is 0 Å². The molecule has 4 heteroatoms. The van der Waals surface area contributed by atoms with Crippen LogP contribution in [0.5, 0.6) is 0 Å². The summed E-state index contributed by atoms with van der Waals surface area (Å²) in [6.45, 7) is 22.8. The Labute approximate surface area is 434 Å². The third kappa shape index (κ3) is 9.10. The van der Waals surface area contributed by atoms with Crippen molar-refractivity contribution in [2.45, 2.75) is 85.5 Å². The highest BCUT2D eigenvalue weighted by molar-refractivity contribution is 6.74. The molecule has 0 bridgehead atoms. The fourth-order valence-corrected chi connectivity index (χ4v) is 10.7. The van der Waals surface area contributed by atoms with Crippen molar-refractivity contribution >= 4 is 85.2 Å². The predicted molar refractivity (Wildman–Crippen MR) is 317 cm³/mol. The van der Waals surface area contributed by atoms with Crippen LogP contribution in [0.2, 0.25) is 0 Å². The molecule has 10 aromatic rings. The average molecular weight is 947 g/mol. The molecule has 1 radical (unpaired) electrons. The number of fused-ring (bicyclic) bond motifs is 4. The van der Waals surface area contributed by atoms with Crippen molar-refractivity contribution in [2.75, 3.05) is 15.1 Å². The number of anilines is 8. The van der Waals surface area contributed by atoms with Gasteiger partial charge < -0.3 is 15.1 Å². The highest BCUT2D eigenvalue weighted by Crippen LogP contribution is 2.47. The molecule has 0 unspecified atom stereocenters. The van der Waals surface area contributed by atoms with Crippen LogP contribution in [0, 0.1) is 6.92 Å². The van der Waals surface area contributed by atoms with E-state index in [0.29, 0.717) is 0 Å². The van der Waals surface area contributed by atoms with Gasteiger partial charge in [0.1, 0.15) is 0 Å². The van der Waals surface area contributed by atoms with E-state index in [1.54, 1.807) is 0 Å². The molecule has 0 saturated heterocycles. The Morgan fingerprint density at radius 2 is 0.973 bits per heavy atom. The monoisotopic (exact) mass is 947 g/mol. The molecule has 3 nitrogen and oxygen atoms in total. The van der Waals surface area contributed by atoms with E-state index < -0.39 is 0 Å². The largest absolute Gasteiger partial charge is 0.355 e. The number of nitrogens with one attached hydrogen (secondary N) is 1. The smallest absolute Gasteiger partial charge is 0.197 e. The van der Waals surface area contributed by atoms with Crippen LogP contribution in [0.4, 0.5) is 45.5 Å². The Hall–Kier alpha value is -7.82. The van der Waals surface area contributed by atoms with Crippen LogP contribution in [0.3, 0.4) is 0 Å². The van der Waals surface area contributed by atoms with Crippen LogP contribution < -0.4 is 26.0 Å². The Morgan fingerprint density at radius 1 is 0.425 bits per heavy atom. The fourth-order valence-electron chi connectivity index (χ4n) is 10.7. The lowest BCUT2D eigenvalue weighted by atomic mass is 9.57. The third-order valence-corrected chi connectivity index (χ3v) is 14.9. The first-order valence-corrected chi connectivity index (χ1v) is 25.9. The minimum atomic E-state index is 0.0333. The second kappa shape index (κ2) is 18.3. The van der Waals surface area contributed by atoms with Gasteiger partial charge in [0.25, 0.3) is 0 Å². The van der Waals surface area contributed by atoms with Gasteiger partial charge in [0.2, 0.25) is 0 Å². The van der Waals surface area contributed by atoms with Crippen molar-refractivity contribution in [1.82, 2.24) is 0 Å². The zero-order valence-electron chi connectivity index (χ0n) is 44.1. The molecule has 359 valence electrons. The molecule has 0 spiro atoms. The summed E-state index contributed by atoms with van der Waals surface area (Å²) in [6.07, 6.45) is 0. The normalized spacial score (nSPS) is 12.6. The van der Waals surface area contributed by atoms with Crippen LogP contribution in [-0.2, 0) is 16.2 Å². The molecule has 0 saturated carbocycles. The van der Waals surface area contributed by atoms with Crippen molar-refractivity contribution in [3.8, 4) is 22.3 Å². The first-order chi connectivity index (χ1) is 35.0. The SMILES string of the molecule is Cc1cc(-c2ccccc2)ccc1N1c2cc(N(c3ccc(C(C)(C)C)cc3)c3ccc(C(C)(C)C)cc3)ccc2[B]c2c1cc1ccccc1c2-c1ccc2ccccc2c1Nc1ccc(C(C)(C)C)cc1. The number of hydrogen-bond acceptors (Lipinski definition) is 3. The van der Waals surface area contributed by atoms with Crippen LogP contribution in [0.15, 0.2) is 206 Å². The lowest BCUT2D eigenvalue weighted by Gasteiger charge is -2.37. The summed E-state index contributed by atoms with van der Waals surface area (Å²) in [6, 6.07) is 76.8. The van der Waals surface area contributed by atoms with Crippen molar-refractivity contribution in [3.05, 3.63) is 229 Å². The highest BCUT2D eigenvalue weighted by Gasteiger charge is 2.32. The van der Waals surface area contributed by atoms with Gasteiger partial charge in [0.15, 0.2) is 7.28 Å². The molecule has 0 aromatic heterocycles. The highest BCUT2D eigenvalue weighted by atomic mass is 15.2. The molecule has 1 aliphatic heterocycles. The summed E-state index contributed by atoms with van der Waals surface area (Å²) in [5.74, 6) is 0. The molecule has 0 atom stereocenters. The van der Waals surface area contributed by atoms with Gasteiger partial charge in [-0.3, -0.25) is 0 Å². The summed E-state index contributed by atoms with van der Waals surface area (Å²) in [7, 11) is 2.44. The van der Waals surface area contributed by atoms with E-state index in [9.17, 15) is 0 Å². The maximum absolute atomic E-state index is 4.00. The Kier molecular flexibility index (Phi) is 11.9. The Balaban J connectivity index is 1.15. The summed E-state index contributed by atoms with van der Waals surface area (Å²) in [5.41, 5.74) is 21.2. The second-order valence-electron chi connectivity index (χ2n) is 23.1. The van der Waals surface area contributed by atoms with Crippen molar-refractivity contribution in [1.29, 1.82) is 0 Å². The van der Waals surface area contributed by atoms with Crippen LogP contribution >= 0.6 is 0 Å². The van der Waals surface area contributed by atoms with Gasteiger partial charge in [0, 0.05) is 50.8 Å². The minimum absolute atomic E-state index is 0.0333. The molecule has 11 rings (SSSR count). The standard InChI is InChI=1S/C69H65BN3/c1-45-42-48(46-18-12-11-13-19-46)25-41-61(45)73-62-44-56(72(54-34-28-51(29-35-54)68(5,6)7)55-36-30-52(31-37-55)69(8,9)10)38-40-60(62)70-65-63(73)43-49-21-15-16-22-57(49)64(65)59-39-24-47-20-14-17-23-58(47)66(59)71-53-32-26-50(27-33-53)67(2,3)4/h11-44,71H,1-10H3. The van der Waals surface area contributed by atoms with E-state index in [1.165, 1.54) is 66.0 Å². The quantitative estimate of drug-likeness (QED) is 0.153. The summed E-state index contributed by atoms with van der Waals surface area (Å²) in [5, 5.41) is 8.76. The maximum Gasteiger partial charge on any atom is 0.197 e. The summed E-state index contributed by atoms with van der Waals surface area (Å²) >= 11 is 0. The summed E-state index contributed by atoms with van der Waals surface area (Å²) in [4.78, 5) is 4.96. The first kappa shape index (κ1) is 47.5. The van der Waals surface area contributed by atoms with Crippen LogP contribution in [0.25, 0.3) is 43.8 Å². The molecule has 0 fully saturated rings. The first-order valence-electron chi connectivity index (χ1n) is 25.9. The summed E-state index contributed by atoms with van der Waals surface area (Å²) < 4.78 is 0.